The van der Waals surface area contributed by atoms with E-state index in [-0.39, 0.29) is 5.78 Å². The highest BCUT2D eigenvalue weighted by Crippen LogP contribution is 2.33. The second-order valence-electron chi connectivity index (χ2n) is 3.73. The molecule has 0 radical (unpaired) electrons. The highest BCUT2D eigenvalue weighted by Gasteiger charge is 2.21. The predicted octanol–water partition coefficient (Wildman–Crippen LogP) is 3.26. The first-order valence-corrected chi connectivity index (χ1v) is 5.50. The van der Waals surface area contributed by atoms with Gasteiger partial charge in [-0.25, -0.2) is 0 Å². The third-order valence-electron chi connectivity index (χ3n) is 2.80. The van der Waals surface area contributed by atoms with E-state index in [0.717, 1.165) is 30.6 Å². The number of ether oxygens (including phenoxy) is 1. The smallest absolute Gasteiger partial charge is 0.164 e. The average molecular weight is 225 g/mol. The van der Waals surface area contributed by atoms with Crippen LogP contribution in [-0.2, 0) is 6.42 Å². The summed E-state index contributed by atoms with van der Waals surface area (Å²) in [4.78, 5) is 11.9. The Morgan fingerprint density at radius 2 is 2.00 bits per heavy atom. The van der Waals surface area contributed by atoms with Crippen molar-refractivity contribution >= 4 is 17.4 Å². The number of carbonyl (C=O) groups excluding carboxylic acids is 1. The van der Waals surface area contributed by atoms with Gasteiger partial charge in [0.25, 0.3) is 0 Å². The lowest BCUT2D eigenvalue weighted by molar-refractivity contribution is 0.0982. The molecule has 0 atom stereocenters. The third-order valence-corrected chi connectivity index (χ3v) is 3.11. The first kappa shape index (κ1) is 10.5. The van der Waals surface area contributed by atoms with Gasteiger partial charge in [0.1, 0.15) is 5.75 Å². The van der Waals surface area contributed by atoms with Crippen LogP contribution >= 0.6 is 11.6 Å². The molecule has 0 amide bonds. The van der Waals surface area contributed by atoms with Gasteiger partial charge < -0.3 is 4.74 Å². The summed E-state index contributed by atoms with van der Waals surface area (Å²) < 4.78 is 5.26. The zero-order valence-corrected chi connectivity index (χ0v) is 9.43. The van der Waals surface area contributed by atoms with Gasteiger partial charge in [0, 0.05) is 17.5 Å². The van der Waals surface area contributed by atoms with Gasteiger partial charge >= 0.3 is 0 Å². The van der Waals surface area contributed by atoms with Crippen LogP contribution in [0.3, 0.4) is 0 Å². The van der Waals surface area contributed by atoms with Crippen molar-refractivity contribution < 1.29 is 9.53 Å². The summed E-state index contributed by atoms with van der Waals surface area (Å²) in [7, 11) is 1.62. The Labute approximate surface area is 94.2 Å². The number of Topliss-reactive ketones (excluding diaryl/α,β-unsaturated/α-hetero) is 1. The van der Waals surface area contributed by atoms with E-state index in [1.165, 1.54) is 0 Å². The van der Waals surface area contributed by atoms with Gasteiger partial charge in [-0.2, -0.15) is 0 Å². The lowest BCUT2D eigenvalue weighted by Crippen LogP contribution is -2.03. The lowest BCUT2D eigenvalue weighted by atomic mass is 10.0. The van der Waals surface area contributed by atoms with Crippen LogP contribution < -0.4 is 4.74 Å². The Morgan fingerprint density at radius 3 is 2.73 bits per heavy atom. The maximum Gasteiger partial charge on any atom is 0.164 e. The summed E-state index contributed by atoms with van der Waals surface area (Å²) in [6.07, 6.45) is 3.44. The molecule has 0 unspecified atom stereocenters. The van der Waals surface area contributed by atoms with Crippen LogP contribution in [0.2, 0.25) is 5.02 Å². The lowest BCUT2D eigenvalue weighted by Gasteiger charge is -2.11. The minimum Gasteiger partial charge on any atom is -0.496 e. The summed E-state index contributed by atoms with van der Waals surface area (Å²) in [5.74, 6) is 0.927. The largest absolute Gasteiger partial charge is 0.496 e. The monoisotopic (exact) mass is 224 g/mol. The molecule has 0 bridgehead atoms. The molecule has 15 heavy (non-hydrogen) atoms. The van der Waals surface area contributed by atoms with Crippen molar-refractivity contribution in [2.75, 3.05) is 7.11 Å². The second kappa shape index (κ2) is 4.23. The molecule has 0 fully saturated rings. The van der Waals surface area contributed by atoms with E-state index in [1.807, 2.05) is 6.07 Å². The Bertz CT molecular complexity index is 399. The number of halogens is 1. The molecule has 1 aromatic rings. The fourth-order valence-corrected chi connectivity index (χ4v) is 2.34. The van der Waals surface area contributed by atoms with Crippen LogP contribution in [0.1, 0.15) is 35.2 Å². The molecule has 2 rings (SSSR count). The normalized spacial score (nSPS) is 15.7. The van der Waals surface area contributed by atoms with E-state index in [2.05, 4.69) is 0 Å². The molecule has 3 heteroatoms. The molecule has 1 aliphatic carbocycles. The first-order chi connectivity index (χ1) is 7.24. The van der Waals surface area contributed by atoms with E-state index in [4.69, 9.17) is 16.3 Å². The van der Waals surface area contributed by atoms with Gasteiger partial charge in [-0.1, -0.05) is 11.6 Å². The summed E-state index contributed by atoms with van der Waals surface area (Å²) in [5, 5.41) is 0.553. The number of rotatable bonds is 1. The minimum absolute atomic E-state index is 0.145. The van der Waals surface area contributed by atoms with Crippen molar-refractivity contribution in [3.63, 3.8) is 0 Å². The third kappa shape index (κ3) is 1.86. The number of benzene rings is 1. The Hall–Kier alpha value is -1.02. The SMILES string of the molecule is COc1ccc(Cl)c2c1CCCCC2=O. The number of fused-ring (bicyclic) bond motifs is 1. The van der Waals surface area contributed by atoms with Crippen LogP contribution in [0.5, 0.6) is 5.75 Å². The quantitative estimate of drug-likeness (QED) is 0.685. The van der Waals surface area contributed by atoms with Gasteiger partial charge in [-0.15, -0.1) is 0 Å². The average Bonchev–Trinajstić information content (AvgIpc) is 2.42. The molecule has 0 aromatic heterocycles. The Balaban J connectivity index is 2.60. The van der Waals surface area contributed by atoms with E-state index in [1.54, 1.807) is 13.2 Å². The van der Waals surface area contributed by atoms with Crippen LogP contribution in [-0.4, -0.2) is 12.9 Å². The van der Waals surface area contributed by atoms with Crippen molar-refractivity contribution in [1.82, 2.24) is 0 Å². The number of methoxy groups -OCH3 is 1. The number of hydrogen-bond donors (Lipinski definition) is 0. The molecule has 0 spiro atoms. The van der Waals surface area contributed by atoms with Gasteiger partial charge in [0.2, 0.25) is 0 Å². The predicted molar refractivity (Wildman–Crippen MR) is 59.9 cm³/mol. The molecule has 0 aliphatic heterocycles. The topological polar surface area (TPSA) is 26.3 Å². The van der Waals surface area contributed by atoms with E-state index >= 15 is 0 Å². The van der Waals surface area contributed by atoms with Gasteiger partial charge in [0.15, 0.2) is 5.78 Å². The second-order valence-corrected chi connectivity index (χ2v) is 4.14. The van der Waals surface area contributed by atoms with E-state index in [0.29, 0.717) is 17.0 Å². The summed E-state index contributed by atoms with van der Waals surface area (Å²) in [6, 6.07) is 3.57. The Morgan fingerprint density at radius 1 is 1.27 bits per heavy atom. The van der Waals surface area contributed by atoms with Crippen LogP contribution in [0.25, 0.3) is 0 Å². The fourth-order valence-electron chi connectivity index (χ4n) is 2.05. The molecule has 0 N–H and O–H groups in total. The highest BCUT2D eigenvalue weighted by molar-refractivity contribution is 6.34. The van der Waals surface area contributed by atoms with Crippen molar-refractivity contribution in [1.29, 1.82) is 0 Å². The van der Waals surface area contributed by atoms with Crippen molar-refractivity contribution in [3.8, 4) is 5.75 Å². The van der Waals surface area contributed by atoms with E-state index in [9.17, 15) is 4.79 Å². The molecule has 1 aromatic carbocycles. The molecule has 80 valence electrons. The molecule has 0 heterocycles. The summed E-state index contributed by atoms with van der Waals surface area (Å²) in [6.45, 7) is 0. The zero-order chi connectivity index (χ0) is 10.8. The standard InChI is InChI=1S/C12H13ClO2/c1-15-11-7-6-9(13)12-8(11)4-2-3-5-10(12)14/h6-7H,2-5H2,1H3. The maximum atomic E-state index is 11.9. The number of hydrogen-bond acceptors (Lipinski definition) is 2. The van der Waals surface area contributed by atoms with Crippen LogP contribution in [0.15, 0.2) is 12.1 Å². The van der Waals surface area contributed by atoms with Crippen LogP contribution in [0, 0.1) is 0 Å². The molecule has 0 saturated heterocycles. The van der Waals surface area contributed by atoms with Gasteiger partial charge in [0.05, 0.1) is 12.1 Å². The highest BCUT2D eigenvalue weighted by atomic mass is 35.5. The number of carbonyl (C=O) groups is 1. The fraction of sp³-hybridized carbons (Fsp3) is 0.417. The van der Waals surface area contributed by atoms with Gasteiger partial charge in [-0.05, 0) is 31.4 Å². The zero-order valence-electron chi connectivity index (χ0n) is 8.68. The maximum absolute atomic E-state index is 11.9. The molecular weight excluding hydrogens is 212 g/mol. The summed E-state index contributed by atoms with van der Waals surface area (Å²) in [5.41, 5.74) is 1.65. The Kier molecular flexibility index (Phi) is 2.96. The molecule has 2 nitrogen and oxygen atoms in total. The summed E-state index contributed by atoms with van der Waals surface area (Å²) >= 11 is 6.06. The van der Waals surface area contributed by atoms with Crippen molar-refractivity contribution in [2.45, 2.75) is 25.7 Å². The van der Waals surface area contributed by atoms with Crippen molar-refractivity contribution in [3.05, 3.63) is 28.3 Å². The molecular formula is C12H13ClO2. The first-order valence-electron chi connectivity index (χ1n) is 5.12. The van der Waals surface area contributed by atoms with Crippen LogP contribution in [0.4, 0.5) is 0 Å². The van der Waals surface area contributed by atoms with Gasteiger partial charge in [-0.3, -0.25) is 4.79 Å². The number of ketones is 1. The molecule has 0 saturated carbocycles. The van der Waals surface area contributed by atoms with Crippen molar-refractivity contribution in [2.24, 2.45) is 0 Å². The van der Waals surface area contributed by atoms with E-state index < -0.39 is 0 Å². The minimum atomic E-state index is 0.145. The molecule has 1 aliphatic rings.